The lowest BCUT2D eigenvalue weighted by molar-refractivity contribution is -0.132. The lowest BCUT2D eigenvalue weighted by Gasteiger charge is -2.41. The molecule has 0 radical (unpaired) electrons. The van der Waals surface area contributed by atoms with Gasteiger partial charge < -0.3 is 9.22 Å². The van der Waals surface area contributed by atoms with Crippen LogP contribution in [0.2, 0.25) is 0 Å². The largest absolute Gasteiger partial charge is 0.415 e. The van der Waals surface area contributed by atoms with Crippen LogP contribution in [-0.2, 0) is 9.22 Å². The summed E-state index contributed by atoms with van der Waals surface area (Å²) in [5, 5.41) is 0. The molecule has 0 saturated heterocycles. The van der Waals surface area contributed by atoms with Crippen molar-refractivity contribution in [1.29, 1.82) is 0 Å². The third kappa shape index (κ3) is 1.93. The lowest BCUT2D eigenvalue weighted by atomic mass is 9.70. The minimum Gasteiger partial charge on any atom is -0.415 e. The molecule has 0 spiro atoms. The van der Waals surface area contributed by atoms with E-state index in [-0.39, 0.29) is 11.3 Å². The monoisotopic (exact) mass is 214 g/mol. The second-order valence-electron chi connectivity index (χ2n) is 5.54. The van der Waals surface area contributed by atoms with Gasteiger partial charge in [0.05, 0.1) is 0 Å². The van der Waals surface area contributed by atoms with Crippen LogP contribution in [-0.4, -0.2) is 22.4 Å². The molecule has 3 heteroatoms. The van der Waals surface area contributed by atoms with Gasteiger partial charge in [0.2, 0.25) is 0 Å². The van der Waals surface area contributed by atoms with Crippen LogP contribution in [0.15, 0.2) is 0 Å². The van der Waals surface area contributed by atoms with Gasteiger partial charge in [-0.1, -0.05) is 27.7 Å². The van der Waals surface area contributed by atoms with Gasteiger partial charge in [0, 0.05) is 0 Å². The van der Waals surface area contributed by atoms with Crippen molar-refractivity contribution in [3.63, 3.8) is 0 Å². The number of aldehydes is 1. The van der Waals surface area contributed by atoms with Crippen LogP contribution in [0.25, 0.3) is 0 Å². The normalized spacial score (nSPS) is 24.3. The van der Waals surface area contributed by atoms with Crippen LogP contribution >= 0.6 is 0 Å². The highest BCUT2D eigenvalue weighted by molar-refractivity contribution is 5.99. The van der Waals surface area contributed by atoms with Crippen LogP contribution in [0.5, 0.6) is 0 Å². The molecule has 2 nitrogen and oxygen atoms in total. The molecule has 0 bridgehead atoms. The van der Waals surface area contributed by atoms with E-state index in [0.717, 1.165) is 19.1 Å². The molecule has 2 atom stereocenters. The maximum atomic E-state index is 11.3. The predicted molar refractivity (Wildman–Crippen MR) is 61.2 cm³/mol. The number of carbonyl (C=O) groups excluding carboxylic acids is 1. The van der Waals surface area contributed by atoms with Crippen LogP contribution in [0.1, 0.15) is 40.5 Å². The number of carbonyl (C=O) groups is 1. The Hall–Kier alpha value is -0.153. The standard InChI is InChI=1S/C11H22O2Si/c1-8(10(2,3)4)11(7-12,13-14)9-5-6-9/h7-9H,5-6H2,1-4,14H3. The van der Waals surface area contributed by atoms with Gasteiger partial charge in [-0.3, -0.25) is 0 Å². The van der Waals surface area contributed by atoms with E-state index < -0.39 is 5.60 Å². The van der Waals surface area contributed by atoms with E-state index in [9.17, 15) is 4.79 Å². The van der Waals surface area contributed by atoms with Gasteiger partial charge in [0.1, 0.15) is 16.1 Å². The summed E-state index contributed by atoms with van der Waals surface area (Å²) in [4.78, 5) is 11.3. The molecule has 14 heavy (non-hydrogen) atoms. The smallest absolute Gasteiger partial charge is 0.151 e. The fraction of sp³-hybridized carbons (Fsp3) is 0.909. The van der Waals surface area contributed by atoms with Gasteiger partial charge >= 0.3 is 0 Å². The molecule has 1 saturated carbocycles. The first-order valence-electron chi connectivity index (χ1n) is 5.40. The molecule has 0 aromatic heterocycles. The quantitative estimate of drug-likeness (QED) is 0.521. The zero-order chi connectivity index (χ0) is 11.0. The second kappa shape index (κ2) is 3.78. The molecule has 0 amide bonds. The van der Waals surface area contributed by atoms with Gasteiger partial charge in [-0.05, 0) is 30.1 Å². The molecule has 1 fully saturated rings. The topological polar surface area (TPSA) is 26.3 Å². The Labute approximate surface area is 90.0 Å². The van der Waals surface area contributed by atoms with Crippen molar-refractivity contribution in [1.82, 2.24) is 0 Å². The van der Waals surface area contributed by atoms with Crippen LogP contribution in [0.3, 0.4) is 0 Å². The fourth-order valence-corrected chi connectivity index (χ4v) is 2.94. The fourth-order valence-electron chi connectivity index (χ4n) is 2.15. The highest BCUT2D eigenvalue weighted by atomic mass is 28.2. The summed E-state index contributed by atoms with van der Waals surface area (Å²) in [6, 6.07) is 0. The summed E-state index contributed by atoms with van der Waals surface area (Å²) in [6.45, 7) is 8.68. The Bertz CT molecular complexity index is 218. The maximum absolute atomic E-state index is 11.3. The molecule has 0 aromatic rings. The molecule has 0 aliphatic heterocycles. The highest BCUT2D eigenvalue weighted by Crippen LogP contribution is 2.49. The lowest BCUT2D eigenvalue weighted by Crippen LogP contribution is -2.48. The van der Waals surface area contributed by atoms with E-state index >= 15 is 0 Å². The molecule has 2 unspecified atom stereocenters. The Morgan fingerprint density at radius 2 is 1.93 bits per heavy atom. The summed E-state index contributed by atoms with van der Waals surface area (Å²) >= 11 is 0. The second-order valence-corrected chi connectivity index (χ2v) is 5.95. The highest BCUT2D eigenvalue weighted by Gasteiger charge is 2.51. The van der Waals surface area contributed by atoms with Crippen molar-refractivity contribution in [2.75, 3.05) is 0 Å². The summed E-state index contributed by atoms with van der Waals surface area (Å²) in [5.41, 5.74) is -0.349. The zero-order valence-electron chi connectivity index (χ0n) is 9.96. The molecule has 0 heterocycles. The van der Waals surface area contributed by atoms with Gasteiger partial charge in [0.15, 0.2) is 6.29 Å². The third-order valence-corrected chi connectivity index (χ3v) is 4.44. The van der Waals surface area contributed by atoms with E-state index in [1.54, 1.807) is 0 Å². The van der Waals surface area contributed by atoms with Gasteiger partial charge in [-0.2, -0.15) is 0 Å². The molecular weight excluding hydrogens is 192 g/mol. The minimum absolute atomic E-state index is 0.133. The number of hydrogen-bond acceptors (Lipinski definition) is 2. The van der Waals surface area contributed by atoms with Gasteiger partial charge in [-0.15, -0.1) is 0 Å². The molecule has 0 aromatic carbocycles. The average molecular weight is 214 g/mol. The van der Waals surface area contributed by atoms with E-state index in [0.29, 0.717) is 16.4 Å². The minimum atomic E-state index is -0.482. The van der Waals surface area contributed by atoms with E-state index in [1.165, 1.54) is 0 Å². The maximum Gasteiger partial charge on any atom is 0.151 e. The SMILES string of the molecule is CC(C(C)(C)C)C(C=O)(O[SiH3])C1CC1. The summed E-state index contributed by atoms with van der Waals surface area (Å²) in [7, 11) is 0.644. The van der Waals surface area contributed by atoms with Crippen LogP contribution < -0.4 is 0 Å². The van der Waals surface area contributed by atoms with Gasteiger partial charge in [-0.25, -0.2) is 0 Å². The first-order valence-corrected chi connectivity index (χ1v) is 6.21. The summed E-state index contributed by atoms with van der Waals surface area (Å²) < 4.78 is 5.67. The Morgan fingerprint density at radius 3 is 2.14 bits per heavy atom. The zero-order valence-corrected chi connectivity index (χ0v) is 12.0. The molecule has 1 aliphatic carbocycles. The Morgan fingerprint density at radius 1 is 1.43 bits per heavy atom. The van der Waals surface area contributed by atoms with Gasteiger partial charge in [0.25, 0.3) is 0 Å². The molecule has 1 rings (SSSR count). The van der Waals surface area contributed by atoms with Crippen molar-refractivity contribution in [3.05, 3.63) is 0 Å². The number of hydrogen-bond donors (Lipinski definition) is 0. The predicted octanol–water partition coefficient (Wildman–Crippen LogP) is 1.31. The Kier molecular flexibility index (Phi) is 3.22. The molecule has 1 aliphatic rings. The number of rotatable bonds is 4. The summed E-state index contributed by atoms with van der Waals surface area (Å²) in [6.07, 6.45) is 3.37. The van der Waals surface area contributed by atoms with E-state index in [2.05, 4.69) is 27.7 Å². The van der Waals surface area contributed by atoms with Crippen LogP contribution in [0.4, 0.5) is 0 Å². The van der Waals surface area contributed by atoms with E-state index in [1.807, 2.05) is 0 Å². The Balaban J connectivity index is 2.91. The van der Waals surface area contributed by atoms with Crippen molar-refractivity contribution < 1.29 is 9.22 Å². The molecular formula is C11H22O2Si. The van der Waals surface area contributed by atoms with Crippen molar-refractivity contribution >= 4 is 16.8 Å². The first-order chi connectivity index (χ1) is 6.38. The first kappa shape index (κ1) is 11.9. The summed E-state index contributed by atoms with van der Waals surface area (Å²) in [5.74, 6) is 0.768. The van der Waals surface area contributed by atoms with Crippen molar-refractivity contribution in [2.45, 2.75) is 46.1 Å². The van der Waals surface area contributed by atoms with Crippen molar-refractivity contribution in [3.8, 4) is 0 Å². The van der Waals surface area contributed by atoms with Crippen molar-refractivity contribution in [2.24, 2.45) is 17.3 Å². The average Bonchev–Trinajstić information content (AvgIpc) is 2.90. The molecule has 82 valence electrons. The third-order valence-electron chi connectivity index (χ3n) is 3.73. The van der Waals surface area contributed by atoms with Crippen LogP contribution in [0, 0.1) is 17.3 Å². The molecule has 0 N–H and O–H groups in total. The van der Waals surface area contributed by atoms with E-state index in [4.69, 9.17) is 4.43 Å².